The number of hydrogen-bond acceptors (Lipinski definition) is 6. The molecule has 0 amide bonds. The lowest BCUT2D eigenvalue weighted by Crippen LogP contribution is -2.25. The smallest absolute Gasteiger partial charge is 0.154 e. The number of hydrogen-bond donors (Lipinski definition) is 2. The highest BCUT2D eigenvalue weighted by Gasteiger charge is 2.19. The van der Waals surface area contributed by atoms with E-state index in [-0.39, 0.29) is 0 Å². The molecule has 2 aromatic carbocycles. The van der Waals surface area contributed by atoms with Crippen LogP contribution < -0.4 is 25.4 Å². The molecule has 0 radical (unpaired) electrons. The quantitative estimate of drug-likeness (QED) is 0.485. The number of methoxy groups -OCH3 is 2. The van der Waals surface area contributed by atoms with E-state index in [1.807, 2.05) is 38.1 Å². The van der Waals surface area contributed by atoms with Gasteiger partial charge in [0.2, 0.25) is 0 Å². The second-order valence-corrected chi connectivity index (χ2v) is 7.54. The van der Waals surface area contributed by atoms with Gasteiger partial charge < -0.3 is 25.4 Å². The van der Waals surface area contributed by atoms with Crippen molar-refractivity contribution in [3.8, 4) is 23.8 Å². The Balaban J connectivity index is 2.02. The molecule has 0 fully saturated rings. The number of rotatable bonds is 9. The van der Waals surface area contributed by atoms with Crippen molar-refractivity contribution in [3.05, 3.63) is 70.9 Å². The van der Waals surface area contributed by atoms with Crippen LogP contribution in [-0.4, -0.2) is 25.7 Å². The van der Waals surface area contributed by atoms with E-state index in [1.54, 1.807) is 14.2 Å². The van der Waals surface area contributed by atoms with Crippen molar-refractivity contribution >= 4 is 17.2 Å². The first-order chi connectivity index (χ1) is 15.5. The molecule has 3 rings (SSSR count). The van der Waals surface area contributed by atoms with Gasteiger partial charge in [0.25, 0.3) is 0 Å². The molecule has 0 aliphatic rings. The zero-order chi connectivity index (χ0) is 23.1. The van der Waals surface area contributed by atoms with Crippen molar-refractivity contribution in [2.24, 2.45) is 0 Å². The average molecular weight is 431 g/mol. The second-order valence-electron chi connectivity index (χ2n) is 7.54. The molecule has 6 heteroatoms. The van der Waals surface area contributed by atoms with Gasteiger partial charge in [-0.25, -0.2) is 4.98 Å². The maximum absolute atomic E-state index is 6.62. The number of nitrogens with one attached hydrogen (secondary N) is 1. The van der Waals surface area contributed by atoms with Gasteiger partial charge >= 0.3 is 0 Å². The van der Waals surface area contributed by atoms with Crippen molar-refractivity contribution in [1.29, 1.82) is 0 Å². The minimum absolute atomic E-state index is 0.394. The monoisotopic (exact) mass is 430 g/mol. The molecule has 0 spiro atoms. The molecule has 0 bridgehead atoms. The molecule has 1 heterocycles. The maximum atomic E-state index is 6.62. The van der Waals surface area contributed by atoms with Gasteiger partial charge in [0.1, 0.15) is 11.5 Å². The number of ether oxygens (including phenoxy) is 2. The zero-order valence-corrected chi connectivity index (χ0v) is 19.1. The van der Waals surface area contributed by atoms with Crippen LogP contribution in [-0.2, 0) is 13.1 Å². The predicted octanol–water partition coefficient (Wildman–Crippen LogP) is 4.55. The molecule has 0 aliphatic heterocycles. The van der Waals surface area contributed by atoms with Gasteiger partial charge in [0.15, 0.2) is 5.82 Å². The Kier molecular flexibility index (Phi) is 7.45. The van der Waals surface area contributed by atoms with Gasteiger partial charge in [0.05, 0.1) is 32.1 Å². The van der Waals surface area contributed by atoms with E-state index in [1.165, 1.54) is 0 Å². The van der Waals surface area contributed by atoms with Crippen LogP contribution in [0.1, 0.15) is 22.4 Å². The summed E-state index contributed by atoms with van der Waals surface area (Å²) in [5, 5.41) is 3.26. The van der Waals surface area contributed by atoms with Crippen LogP contribution in [0, 0.1) is 26.2 Å². The van der Waals surface area contributed by atoms with E-state index >= 15 is 0 Å². The molecule has 1 aromatic heterocycles. The Hall–Kier alpha value is -3.85. The van der Waals surface area contributed by atoms with E-state index in [0.29, 0.717) is 25.3 Å². The average Bonchev–Trinajstić information content (AvgIpc) is 2.82. The SMILES string of the molecule is C#CCNc1c(C)c(C)nc(N(Cc2ccc(OC)cc2)Cc2ccc(OC)cc2)c1N. The minimum atomic E-state index is 0.394. The molecule has 166 valence electrons. The van der Waals surface area contributed by atoms with Crippen LogP contribution in [0.15, 0.2) is 48.5 Å². The van der Waals surface area contributed by atoms with Gasteiger partial charge in [-0.15, -0.1) is 6.42 Å². The molecule has 0 aliphatic carbocycles. The van der Waals surface area contributed by atoms with Gasteiger partial charge in [0, 0.05) is 18.8 Å². The van der Waals surface area contributed by atoms with E-state index in [9.17, 15) is 0 Å². The highest BCUT2D eigenvalue weighted by molar-refractivity contribution is 5.81. The lowest BCUT2D eigenvalue weighted by atomic mass is 10.1. The number of anilines is 3. The Morgan fingerprint density at radius 2 is 1.44 bits per heavy atom. The fourth-order valence-corrected chi connectivity index (χ4v) is 3.51. The molecular formula is C26H30N4O2. The molecule has 0 atom stereocenters. The number of aryl methyl sites for hydroxylation is 1. The van der Waals surface area contributed by atoms with E-state index in [0.717, 1.165) is 45.4 Å². The lowest BCUT2D eigenvalue weighted by molar-refractivity contribution is 0.414. The Labute approximate surface area is 190 Å². The van der Waals surface area contributed by atoms with E-state index < -0.39 is 0 Å². The zero-order valence-electron chi connectivity index (χ0n) is 19.1. The summed E-state index contributed by atoms with van der Waals surface area (Å²) in [6.45, 7) is 5.64. The third-order valence-electron chi connectivity index (χ3n) is 5.43. The summed E-state index contributed by atoms with van der Waals surface area (Å²) >= 11 is 0. The first-order valence-corrected chi connectivity index (χ1v) is 10.4. The summed E-state index contributed by atoms with van der Waals surface area (Å²) in [5.74, 6) is 4.98. The normalized spacial score (nSPS) is 10.3. The summed E-state index contributed by atoms with van der Waals surface area (Å²) in [6, 6.07) is 16.0. The fraction of sp³-hybridized carbons (Fsp3) is 0.269. The molecule has 0 saturated carbocycles. The standard InChI is InChI=1S/C26H30N4O2/c1-6-15-28-25-18(2)19(3)29-26(24(25)27)30(16-20-7-11-22(31-4)12-8-20)17-21-9-13-23(32-5)14-10-21/h1,7-14H,15-17,27H2,2-5H3,(H,28,29). The Morgan fingerprint density at radius 3 is 1.88 bits per heavy atom. The number of nitrogens with two attached hydrogens (primary N) is 1. The molecule has 3 N–H and O–H groups in total. The molecule has 3 aromatic rings. The van der Waals surface area contributed by atoms with Crippen LogP contribution in [0.3, 0.4) is 0 Å². The molecule has 0 unspecified atom stereocenters. The van der Waals surface area contributed by atoms with Crippen LogP contribution in [0.4, 0.5) is 17.2 Å². The number of aromatic nitrogens is 1. The Bertz CT molecular complexity index is 1040. The first kappa shape index (κ1) is 22.8. The fourth-order valence-electron chi connectivity index (χ4n) is 3.51. The van der Waals surface area contributed by atoms with Crippen molar-refractivity contribution in [1.82, 2.24) is 4.98 Å². The summed E-state index contributed by atoms with van der Waals surface area (Å²) in [6.07, 6.45) is 5.46. The summed E-state index contributed by atoms with van der Waals surface area (Å²) in [4.78, 5) is 7.03. The highest BCUT2D eigenvalue weighted by Crippen LogP contribution is 2.35. The number of benzene rings is 2. The maximum Gasteiger partial charge on any atom is 0.154 e. The van der Waals surface area contributed by atoms with Gasteiger partial charge in [-0.1, -0.05) is 30.2 Å². The van der Waals surface area contributed by atoms with Gasteiger partial charge in [-0.2, -0.15) is 0 Å². The highest BCUT2D eigenvalue weighted by atomic mass is 16.5. The predicted molar refractivity (Wildman–Crippen MR) is 131 cm³/mol. The minimum Gasteiger partial charge on any atom is -0.497 e. The Morgan fingerprint density at radius 1 is 0.938 bits per heavy atom. The van der Waals surface area contributed by atoms with Gasteiger partial charge in [-0.05, 0) is 54.8 Å². The summed E-state index contributed by atoms with van der Waals surface area (Å²) < 4.78 is 10.6. The van der Waals surface area contributed by atoms with Crippen molar-refractivity contribution in [2.45, 2.75) is 26.9 Å². The third kappa shape index (κ3) is 5.25. The molecule has 0 saturated heterocycles. The summed E-state index contributed by atoms with van der Waals surface area (Å²) in [5.41, 5.74) is 12.2. The number of nitrogens with zero attached hydrogens (tertiary/aromatic N) is 2. The van der Waals surface area contributed by atoms with E-state index in [4.69, 9.17) is 26.6 Å². The molecule has 32 heavy (non-hydrogen) atoms. The third-order valence-corrected chi connectivity index (χ3v) is 5.43. The topological polar surface area (TPSA) is 72.6 Å². The number of pyridine rings is 1. The van der Waals surface area contributed by atoms with Crippen molar-refractivity contribution in [2.75, 3.05) is 36.7 Å². The molecular weight excluding hydrogens is 400 g/mol. The number of nitrogen functional groups attached to an aromatic ring is 1. The van der Waals surface area contributed by atoms with Crippen molar-refractivity contribution < 1.29 is 9.47 Å². The van der Waals surface area contributed by atoms with Crippen LogP contribution in [0.5, 0.6) is 11.5 Å². The van der Waals surface area contributed by atoms with Crippen LogP contribution in [0.2, 0.25) is 0 Å². The summed E-state index contributed by atoms with van der Waals surface area (Å²) in [7, 11) is 3.32. The first-order valence-electron chi connectivity index (χ1n) is 10.4. The lowest BCUT2D eigenvalue weighted by Gasteiger charge is -2.28. The largest absolute Gasteiger partial charge is 0.497 e. The van der Waals surface area contributed by atoms with E-state index in [2.05, 4.69) is 40.4 Å². The second kappa shape index (κ2) is 10.5. The van der Waals surface area contributed by atoms with Crippen LogP contribution in [0.25, 0.3) is 0 Å². The van der Waals surface area contributed by atoms with Gasteiger partial charge in [-0.3, -0.25) is 0 Å². The molecule has 6 nitrogen and oxygen atoms in total. The van der Waals surface area contributed by atoms with Crippen molar-refractivity contribution in [3.63, 3.8) is 0 Å². The van der Waals surface area contributed by atoms with Crippen LogP contribution >= 0.6 is 0 Å². The number of terminal acetylenes is 1.